The first-order chi connectivity index (χ1) is 10.4. The average molecular weight is 324 g/mol. The van der Waals surface area contributed by atoms with Crippen LogP contribution in [0, 0.1) is 6.92 Å². The van der Waals surface area contributed by atoms with E-state index in [1.807, 2.05) is 0 Å². The number of primary amides is 1. The lowest BCUT2D eigenvalue weighted by Crippen LogP contribution is -2.31. The molecule has 0 aliphatic rings. The Balaban J connectivity index is 2.09. The summed E-state index contributed by atoms with van der Waals surface area (Å²) in [5, 5.41) is 6.52. The quantitative estimate of drug-likeness (QED) is 0.876. The Kier molecular flexibility index (Phi) is 4.67. The summed E-state index contributed by atoms with van der Waals surface area (Å²) in [6, 6.07) is 5.97. The maximum Gasteiger partial charge on any atom is 0.266 e. The zero-order chi connectivity index (χ0) is 16.3. The Labute approximate surface area is 131 Å². The molecule has 3 N–H and O–H groups in total. The van der Waals surface area contributed by atoms with Gasteiger partial charge in [-0.2, -0.15) is 0 Å². The Hall–Kier alpha value is -2.54. The van der Waals surface area contributed by atoms with Crippen molar-refractivity contribution in [2.24, 2.45) is 5.73 Å². The number of rotatable bonds is 5. The summed E-state index contributed by atoms with van der Waals surface area (Å²) >= 11 is 5.81. The molecular formula is C14H14ClN3O4. The molecule has 1 heterocycles. The molecule has 1 atom stereocenters. The van der Waals surface area contributed by atoms with Gasteiger partial charge in [0.1, 0.15) is 11.5 Å². The Morgan fingerprint density at radius 3 is 2.73 bits per heavy atom. The number of amides is 2. The van der Waals surface area contributed by atoms with Crippen LogP contribution >= 0.6 is 11.6 Å². The molecule has 0 spiro atoms. The van der Waals surface area contributed by atoms with Crippen LogP contribution in [-0.2, 0) is 4.79 Å². The van der Waals surface area contributed by atoms with E-state index in [-0.39, 0.29) is 17.1 Å². The molecule has 0 radical (unpaired) electrons. The van der Waals surface area contributed by atoms with Crippen LogP contribution in [0.5, 0.6) is 5.75 Å². The molecule has 0 saturated carbocycles. The number of nitrogens with one attached hydrogen (secondary N) is 1. The zero-order valence-corrected chi connectivity index (χ0v) is 12.7. The number of ether oxygens (including phenoxy) is 1. The summed E-state index contributed by atoms with van der Waals surface area (Å²) in [6.07, 6.45) is -0.878. The number of nitrogens with two attached hydrogens (primary N) is 1. The smallest absolute Gasteiger partial charge is 0.266 e. The van der Waals surface area contributed by atoms with Crippen molar-refractivity contribution in [3.63, 3.8) is 0 Å². The number of hydrogen-bond donors (Lipinski definition) is 2. The van der Waals surface area contributed by atoms with Crippen LogP contribution in [0.15, 0.2) is 28.8 Å². The van der Waals surface area contributed by atoms with Crippen LogP contribution in [0.25, 0.3) is 0 Å². The topological polar surface area (TPSA) is 107 Å². The molecule has 0 aliphatic heterocycles. The molecule has 0 aliphatic carbocycles. The van der Waals surface area contributed by atoms with Gasteiger partial charge in [0.05, 0.1) is 5.56 Å². The van der Waals surface area contributed by atoms with Crippen molar-refractivity contribution < 1.29 is 18.8 Å². The highest BCUT2D eigenvalue weighted by molar-refractivity contribution is 6.31. The maximum absolute atomic E-state index is 12.0. The lowest BCUT2D eigenvalue weighted by atomic mass is 10.2. The van der Waals surface area contributed by atoms with E-state index in [1.165, 1.54) is 25.1 Å². The molecule has 0 saturated heterocycles. The third-order valence-corrected chi connectivity index (χ3v) is 2.99. The number of halogens is 1. The average Bonchev–Trinajstić information content (AvgIpc) is 2.85. The molecule has 1 unspecified atom stereocenters. The van der Waals surface area contributed by atoms with Crippen LogP contribution in [0.2, 0.25) is 5.02 Å². The van der Waals surface area contributed by atoms with Crippen molar-refractivity contribution in [2.45, 2.75) is 20.0 Å². The number of nitrogens with zero attached hydrogens (tertiary/aromatic N) is 1. The van der Waals surface area contributed by atoms with E-state index in [1.54, 1.807) is 13.0 Å². The summed E-state index contributed by atoms with van der Waals surface area (Å²) in [5.41, 5.74) is 5.36. The predicted molar refractivity (Wildman–Crippen MR) is 79.9 cm³/mol. The first-order valence-electron chi connectivity index (χ1n) is 6.37. The molecule has 0 fully saturated rings. The fourth-order valence-corrected chi connectivity index (χ4v) is 1.87. The maximum atomic E-state index is 12.0. The van der Waals surface area contributed by atoms with E-state index in [0.717, 1.165) is 0 Å². The SMILES string of the molecule is Cc1cc(NC(=O)C(C)Oc2ccc(Cl)cc2C(N)=O)no1. The second-order valence-electron chi connectivity index (χ2n) is 4.58. The second-order valence-corrected chi connectivity index (χ2v) is 5.01. The zero-order valence-electron chi connectivity index (χ0n) is 11.9. The molecule has 116 valence electrons. The van der Waals surface area contributed by atoms with Gasteiger partial charge in [-0.3, -0.25) is 9.59 Å². The summed E-state index contributed by atoms with van der Waals surface area (Å²) in [5.74, 6) is -0.117. The number of aromatic nitrogens is 1. The standard InChI is InChI=1S/C14H14ClN3O4/c1-7-5-12(18-22-7)17-14(20)8(2)21-11-4-3-9(15)6-10(11)13(16)19/h3-6,8H,1-2H3,(H2,16,19)(H,17,18,20). The van der Waals surface area contributed by atoms with Crippen molar-refractivity contribution in [1.82, 2.24) is 5.16 Å². The highest BCUT2D eigenvalue weighted by atomic mass is 35.5. The van der Waals surface area contributed by atoms with Gasteiger partial charge < -0.3 is 20.3 Å². The molecule has 7 nitrogen and oxygen atoms in total. The molecule has 22 heavy (non-hydrogen) atoms. The van der Waals surface area contributed by atoms with Crippen molar-refractivity contribution in [3.05, 3.63) is 40.6 Å². The van der Waals surface area contributed by atoms with Crippen LogP contribution in [-0.4, -0.2) is 23.1 Å². The van der Waals surface area contributed by atoms with Gasteiger partial charge in [0.15, 0.2) is 11.9 Å². The minimum absolute atomic E-state index is 0.101. The number of benzene rings is 1. The first-order valence-corrected chi connectivity index (χ1v) is 6.75. The fourth-order valence-electron chi connectivity index (χ4n) is 1.69. The van der Waals surface area contributed by atoms with Gasteiger partial charge in [-0.15, -0.1) is 0 Å². The van der Waals surface area contributed by atoms with E-state index in [9.17, 15) is 9.59 Å². The number of hydrogen-bond acceptors (Lipinski definition) is 5. The summed E-state index contributed by atoms with van der Waals surface area (Å²) in [6.45, 7) is 3.23. The van der Waals surface area contributed by atoms with Crippen LogP contribution in [0.3, 0.4) is 0 Å². The third-order valence-electron chi connectivity index (χ3n) is 2.76. The monoisotopic (exact) mass is 323 g/mol. The van der Waals surface area contributed by atoms with Crippen LogP contribution in [0.1, 0.15) is 23.0 Å². The molecule has 1 aromatic heterocycles. The molecule has 8 heteroatoms. The van der Waals surface area contributed by atoms with Crippen molar-refractivity contribution in [3.8, 4) is 5.75 Å². The highest BCUT2D eigenvalue weighted by Crippen LogP contribution is 2.23. The number of carbonyl (C=O) groups is 2. The Morgan fingerprint density at radius 1 is 1.41 bits per heavy atom. The van der Waals surface area contributed by atoms with Gasteiger partial charge in [-0.25, -0.2) is 0 Å². The van der Waals surface area contributed by atoms with Gasteiger partial charge in [0, 0.05) is 11.1 Å². The van der Waals surface area contributed by atoms with Crippen molar-refractivity contribution in [1.29, 1.82) is 0 Å². The molecular weight excluding hydrogens is 310 g/mol. The number of anilines is 1. The third kappa shape index (κ3) is 3.76. The van der Waals surface area contributed by atoms with Gasteiger partial charge in [-0.05, 0) is 32.0 Å². The van der Waals surface area contributed by atoms with E-state index >= 15 is 0 Å². The highest BCUT2D eigenvalue weighted by Gasteiger charge is 2.19. The van der Waals surface area contributed by atoms with Gasteiger partial charge in [0.25, 0.3) is 11.8 Å². The lowest BCUT2D eigenvalue weighted by molar-refractivity contribution is -0.122. The summed E-state index contributed by atoms with van der Waals surface area (Å²) in [4.78, 5) is 23.4. The summed E-state index contributed by atoms with van der Waals surface area (Å²) < 4.78 is 10.3. The fraction of sp³-hybridized carbons (Fsp3) is 0.214. The molecule has 2 aromatic rings. The van der Waals surface area contributed by atoms with Gasteiger partial charge in [0.2, 0.25) is 0 Å². The molecule has 0 bridgehead atoms. The van der Waals surface area contributed by atoms with E-state index < -0.39 is 17.9 Å². The number of aryl methyl sites for hydroxylation is 1. The number of carbonyl (C=O) groups excluding carboxylic acids is 2. The minimum atomic E-state index is -0.878. The minimum Gasteiger partial charge on any atom is -0.480 e. The summed E-state index contributed by atoms with van der Waals surface area (Å²) in [7, 11) is 0. The predicted octanol–water partition coefficient (Wildman–Crippen LogP) is 2.14. The van der Waals surface area contributed by atoms with Gasteiger partial charge in [-0.1, -0.05) is 16.8 Å². The van der Waals surface area contributed by atoms with E-state index in [2.05, 4.69) is 10.5 Å². The normalized spacial score (nSPS) is 11.8. The van der Waals surface area contributed by atoms with Crippen LogP contribution in [0.4, 0.5) is 5.82 Å². The van der Waals surface area contributed by atoms with Gasteiger partial charge >= 0.3 is 0 Å². The Bertz CT molecular complexity index is 714. The van der Waals surface area contributed by atoms with E-state index in [0.29, 0.717) is 10.8 Å². The second kappa shape index (κ2) is 6.48. The molecule has 2 rings (SSSR count). The van der Waals surface area contributed by atoms with E-state index in [4.69, 9.17) is 26.6 Å². The first kappa shape index (κ1) is 15.8. The molecule has 2 amide bonds. The molecule has 1 aromatic carbocycles. The van der Waals surface area contributed by atoms with Crippen molar-refractivity contribution >= 4 is 29.2 Å². The van der Waals surface area contributed by atoms with Crippen LogP contribution < -0.4 is 15.8 Å². The Morgan fingerprint density at radius 2 is 2.14 bits per heavy atom. The van der Waals surface area contributed by atoms with Crippen molar-refractivity contribution in [2.75, 3.05) is 5.32 Å². The lowest BCUT2D eigenvalue weighted by Gasteiger charge is -2.15. The largest absolute Gasteiger partial charge is 0.480 e.